The predicted molar refractivity (Wildman–Crippen MR) is 166 cm³/mol. The van der Waals surface area contributed by atoms with Crippen molar-refractivity contribution in [2.75, 3.05) is 0 Å². The highest BCUT2D eigenvalue weighted by molar-refractivity contribution is 6.17. The molecule has 0 fully saturated rings. The second kappa shape index (κ2) is 7.94. The predicted octanol–water partition coefficient (Wildman–Crippen LogP) is 10.6. The minimum absolute atomic E-state index is 0.0197. The average molecular weight is 512 g/mol. The van der Waals surface area contributed by atoms with E-state index >= 15 is 0 Å². The molecule has 0 spiro atoms. The number of aromatic nitrogens is 1. The zero-order chi connectivity index (χ0) is 27.3. The molecule has 6 aromatic rings. The van der Waals surface area contributed by atoms with Gasteiger partial charge in [0.2, 0.25) is 0 Å². The van der Waals surface area contributed by atoms with Gasteiger partial charge in [-0.2, -0.15) is 0 Å². The van der Waals surface area contributed by atoms with Crippen molar-refractivity contribution in [2.45, 2.75) is 77.6 Å². The van der Waals surface area contributed by atoms with E-state index in [1.165, 1.54) is 44.7 Å². The van der Waals surface area contributed by atoms with Crippen LogP contribution in [0.5, 0.6) is 0 Å². The Kier molecular flexibility index (Phi) is 4.97. The van der Waals surface area contributed by atoms with Crippen LogP contribution in [0.4, 0.5) is 0 Å². The number of furan rings is 1. The summed E-state index contributed by atoms with van der Waals surface area (Å²) < 4.78 is 6.90. The van der Waals surface area contributed by atoms with Gasteiger partial charge >= 0.3 is 0 Å². The summed E-state index contributed by atoms with van der Waals surface area (Å²) >= 11 is 0. The van der Waals surface area contributed by atoms with Crippen LogP contribution in [0.1, 0.15) is 78.0 Å². The summed E-state index contributed by atoms with van der Waals surface area (Å²) in [5.41, 5.74) is 8.61. The van der Waals surface area contributed by atoms with E-state index in [0.29, 0.717) is 0 Å². The van der Waals surface area contributed by atoms with Gasteiger partial charge in [0, 0.05) is 38.9 Å². The minimum atomic E-state index is 0.0197. The second-order valence-electron chi connectivity index (χ2n) is 13.9. The lowest BCUT2D eigenvalue weighted by Crippen LogP contribution is -2.33. The number of pyridine rings is 1. The van der Waals surface area contributed by atoms with E-state index in [-0.39, 0.29) is 16.2 Å². The Labute approximate surface area is 231 Å². The molecule has 2 aromatic heterocycles. The summed E-state index contributed by atoms with van der Waals surface area (Å²) in [4.78, 5) is 4.94. The van der Waals surface area contributed by atoms with Gasteiger partial charge in [0.1, 0.15) is 11.2 Å². The molecule has 0 atom stereocenters. The summed E-state index contributed by atoms with van der Waals surface area (Å²) in [6.45, 7) is 16.4. The van der Waals surface area contributed by atoms with Crippen LogP contribution in [0.15, 0.2) is 77.3 Å². The van der Waals surface area contributed by atoms with E-state index in [1.54, 1.807) is 0 Å². The van der Waals surface area contributed by atoms with Crippen molar-refractivity contribution in [1.82, 2.24) is 4.98 Å². The van der Waals surface area contributed by atoms with E-state index in [2.05, 4.69) is 115 Å². The summed E-state index contributed by atoms with van der Waals surface area (Å²) in [6, 6.07) is 24.6. The van der Waals surface area contributed by atoms with E-state index < -0.39 is 0 Å². The van der Waals surface area contributed by atoms with Gasteiger partial charge in [-0.3, -0.25) is 4.98 Å². The molecule has 0 amide bonds. The second-order valence-corrected chi connectivity index (χ2v) is 13.9. The molecule has 2 nitrogen and oxygen atoms in total. The lowest BCUT2D eigenvalue weighted by molar-refractivity contribution is 0.331. The van der Waals surface area contributed by atoms with Crippen molar-refractivity contribution >= 4 is 43.5 Å². The topological polar surface area (TPSA) is 26.0 Å². The zero-order valence-electron chi connectivity index (χ0n) is 24.2. The Balaban J connectivity index is 1.52. The standard InChI is InChI=1S/C37H37NO/c1-35(2,3)30-21-23(20-22-10-8-9-11-24(22)30)32-25-12-13-26-27-14-15-29-31(37(6,7)18-17-36(29,4)5)34(27)39-33(26)28(25)16-19-38-32/h8-16,19-21H,17-18H2,1-7H3. The molecule has 2 heteroatoms. The van der Waals surface area contributed by atoms with Gasteiger partial charge in [-0.1, -0.05) is 90.9 Å². The van der Waals surface area contributed by atoms with Gasteiger partial charge in [-0.05, 0) is 75.3 Å². The minimum Gasteiger partial charge on any atom is -0.455 e. The number of nitrogens with zero attached hydrogens (tertiary/aromatic N) is 1. The van der Waals surface area contributed by atoms with E-state index in [0.717, 1.165) is 39.6 Å². The molecule has 196 valence electrons. The highest BCUT2D eigenvalue weighted by Crippen LogP contribution is 2.50. The smallest absolute Gasteiger partial charge is 0.143 e. The molecule has 1 aliphatic rings. The van der Waals surface area contributed by atoms with Crippen LogP contribution in [0.2, 0.25) is 0 Å². The van der Waals surface area contributed by atoms with E-state index in [4.69, 9.17) is 9.40 Å². The number of hydrogen-bond acceptors (Lipinski definition) is 2. The molecule has 0 radical (unpaired) electrons. The first-order valence-electron chi connectivity index (χ1n) is 14.3. The molecule has 7 rings (SSSR count). The number of fused-ring (bicyclic) bond motifs is 8. The fourth-order valence-electron chi connectivity index (χ4n) is 6.97. The fraction of sp³-hybridized carbons (Fsp3) is 0.324. The maximum Gasteiger partial charge on any atom is 0.143 e. The maximum atomic E-state index is 6.90. The van der Waals surface area contributed by atoms with Gasteiger partial charge in [0.05, 0.1) is 5.69 Å². The van der Waals surface area contributed by atoms with E-state index in [1.807, 2.05) is 6.20 Å². The first-order chi connectivity index (χ1) is 18.5. The van der Waals surface area contributed by atoms with Crippen molar-refractivity contribution in [3.63, 3.8) is 0 Å². The van der Waals surface area contributed by atoms with Gasteiger partial charge in [-0.15, -0.1) is 0 Å². The quantitative estimate of drug-likeness (QED) is 0.219. The maximum absolute atomic E-state index is 6.90. The lowest BCUT2D eigenvalue weighted by Gasteiger charge is -2.41. The van der Waals surface area contributed by atoms with Crippen LogP contribution in [-0.4, -0.2) is 4.98 Å². The SMILES string of the molecule is CC(C)(C)c1cc(-c2nccc3c2ccc2c4ccc5c(c4oc32)C(C)(C)CCC5(C)C)cc2ccccc12. The van der Waals surface area contributed by atoms with Gasteiger partial charge in [0.25, 0.3) is 0 Å². The molecule has 0 unspecified atom stereocenters. The molecule has 0 saturated carbocycles. The highest BCUT2D eigenvalue weighted by atomic mass is 16.3. The van der Waals surface area contributed by atoms with Crippen molar-refractivity contribution in [1.29, 1.82) is 0 Å². The monoisotopic (exact) mass is 511 g/mol. The van der Waals surface area contributed by atoms with Gasteiger partial charge < -0.3 is 4.42 Å². The van der Waals surface area contributed by atoms with Crippen LogP contribution >= 0.6 is 0 Å². The summed E-state index contributed by atoms with van der Waals surface area (Å²) in [7, 11) is 0. The Morgan fingerprint density at radius 1 is 0.692 bits per heavy atom. The number of benzene rings is 4. The lowest BCUT2D eigenvalue weighted by atomic mass is 9.63. The molecular weight excluding hydrogens is 474 g/mol. The largest absolute Gasteiger partial charge is 0.455 e. The van der Waals surface area contributed by atoms with Crippen LogP contribution in [-0.2, 0) is 16.2 Å². The molecule has 0 N–H and O–H groups in total. The normalized spacial score (nSPS) is 16.8. The molecule has 4 aromatic carbocycles. The molecule has 1 aliphatic carbocycles. The van der Waals surface area contributed by atoms with Crippen molar-refractivity contribution in [2.24, 2.45) is 0 Å². The Hall–Kier alpha value is -3.65. The average Bonchev–Trinajstić information content (AvgIpc) is 3.28. The van der Waals surface area contributed by atoms with Crippen LogP contribution < -0.4 is 0 Å². The number of rotatable bonds is 1. The first-order valence-corrected chi connectivity index (χ1v) is 14.3. The summed E-state index contributed by atoms with van der Waals surface area (Å²) in [5.74, 6) is 0. The zero-order valence-corrected chi connectivity index (χ0v) is 24.2. The summed E-state index contributed by atoms with van der Waals surface area (Å²) in [5, 5.41) is 7.22. The van der Waals surface area contributed by atoms with E-state index in [9.17, 15) is 0 Å². The third kappa shape index (κ3) is 3.57. The molecule has 2 heterocycles. The Morgan fingerprint density at radius 2 is 1.36 bits per heavy atom. The van der Waals surface area contributed by atoms with Gasteiger partial charge in [0.15, 0.2) is 0 Å². The molecule has 39 heavy (non-hydrogen) atoms. The highest BCUT2D eigenvalue weighted by Gasteiger charge is 2.39. The van der Waals surface area contributed by atoms with Crippen molar-refractivity contribution < 1.29 is 4.42 Å². The first kappa shape index (κ1) is 24.4. The Morgan fingerprint density at radius 3 is 2.15 bits per heavy atom. The molecule has 0 bridgehead atoms. The van der Waals surface area contributed by atoms with Crippen molar-refractivity contribution in [3.05, 3.63) is 89.6 Å². The van der Waals surface area contributed by atoms with Crippen LogP contribution in [0, 0.1) is 0 Å². The number of hydrogen-bond donors (Lipinski definition) is 0. The van der Waals surface area contributed by atoms with Crippen LogP contribution in [0.3, 0.4) is 0 Å². The molecule has 0 saturated heterocycles. The molecular formula is C37H37NO. The van der Waals surface area contributed by atoms with Crippen molar-refractivity contribution in [3.8, 4) is 11.3 Å². The Bertz CT molecular complexity index is 1940. The molecule has 0 aliphatic heterocycles. The fourth-order valence-corrected chi connectivity index (χ4v) is 6.97. The third-order valence-electron chi connectivity index (χ3n) is 9.27. The van der Waals surface area contributed by atoms with Crippen LogP contribution in [0.25, 0.3) is 54.7 Å². The third-order valence-corrected chi connectivity index (χ3v) is 9.27. The van der Waals surface area contributed by atoms with Gasteiger partial charge in [-0.25, -0.2) is 0 Å². The summed E-state index contributed by atoms with van der Waals surface area (Å²) in [6.07, 6.45) is 4.30.